The molecule has 0 amide bonds. The lowest BCUT2D eigenvalue weighted by Gasteiger charge is -2.09. The highest BCUT2D eigenvalue weighted by molar-refractivity contribution is 5.86. The van der Waals surface area contributed by atoms with Crippen molar-refractivity contribution in [2.45, 2.75) is 19.4 Å². The van der Waals surface area contributed by atoms with Gasteiger partial charge in [0, 0.05) is 30.1 Å². The highest BCUT2D eigenvalue weighted by Gasteiger charge is 2.20. The Morgan fingerprint density at radius 2 is 2.11 bits per heavy atom. The van der Waals surface area contributed by atoms with Crippen LogP contribution in [0.5, 0.6) is 0 Å². The topological polar surface area (TPSA) is 66.5 Å². The van der Waals surface area contributed by atoms with Crippen molar-refractivity contribution in [2.75, 3.05) is 7.11 Å². The zero-order valence-electron chi connectivity index (χ0n) is 11.3. The second-order valence-corrected chi connectivity index (χ2v) is 4.52. The summed E-state index contributed by atoms with van der Waals surface area (Å²) in [6.45, 7) is 2.02. The summed E-state index contributed by atoms with van der Waals surface area (Å²) in [6.07, 6.45) is 0.426. The SMILES string of the molecule is COOC(=O)[C@@H](N)Cc1c(C)n(C)c2ccccc12. The Kier molecular flexibility index (Phi) is 3.87. The molecule has 0 aliphatic carbocycles. The van der Waals surface area contributed by atoms with E-state index in [0.717, 1.165) is 22.2 Å². The van der Waals surface area contributed by atoms with Gasteiger partial charge >= 0.3 is 5.97 Å². The summed E-state index contributed by atoms with van der Waals surface area (Å²) in [5.74, 6) is -0.560. The number of nitrogens with two attached hydrogens (primary N) is 1. The van der Waals surface area contributed by atoms with E-state index >= 15 is 0 Å². The van der Waals surface area contributed by atoms with Gasteiger partial charge in [-0.05, 0) is 18.6 Å². The van der Waals surface area contributed by atoms with Gasteiger partial charge in [-0.2, -0.15) is 4.89 Å². The third-order valence-electron chi connectivity index (χ3n) is 3.42. The lowest BCUT2D eigenvalue weighted by atomic mass is 10.0. The van der Waals surface area contributed by atoms with Crippen molar-refractivity contribution >= 4 is 16.9 Å². The number of hydrogen-bond acceptors (Lipinski definition) is 4. The molecular weight excluding hydrogens is 244 g/mol. The second-order valence-electron chi connectivity index (χ2n) is 4.52. The Morgan fingerprint density at radius 3 is 2.79 bits per heavy atom. The normalized spacial score (nSPS) is 12.6. The van der Waals surface area contributed by atoms with E-state index in [0.29, 0.717) is 6.42 Å². The molecule has 2 N–H and O–H groups in total. The maximum absolute atomic E-state index is 11.5. The molecule has 1 heterocycles. The highest BCUT2D eigenvalue weighted by atomic mass is 17.2. The third kappa shape index (κ3) is 2.47. The molecule has 0 bridgehead atoms. The minimum absolute atomic E-state index is 0.426. The van der Waals surface area contributed by atoms with Crippen LogP contribution in [0.15, 0.2) is 24.3 Å². The first-order valence-electron chi connectivity index (χ1n) is 6.09. The van der Waals surface area contributed by atoms with Crippen molar-refractivity contribution in [3.63, 3.8) is 0 Å². The van der Waals surface area contributed by atoms with Gasteiger partial charge in [0.15, 0.2) is 0 Å². The molecule has 1 atom stereocenters. The van der Waals surface area contributed by atoms with Crippen molar-refractivity contribution in [3.8, 4) is 0 Å². The fraction of sp³-hybridized carbons (Fsp3) is 0.357. The number of hydrogen-bond donors (Lipinski definition) is 1. The van der Waals surface area contributed by atoms with Crippen LogP contribution in [-0.4, -0.2) is 23.7 Å². The van der Waals surface area contributed by atoms with E-state index in [2.05, 4.69) is 14.3 Å². The third-order valence-corrected chi connectivity index (χ3v) is 3.42. The molecule has 0 saturated carbocycles. The first-order chi connectivity index (χ1) is 9.06. The summed E-state index contributed by atoms with van der Waals surface area (Å²) >= 11 is 0. The average molecular weight is 262 g/mol. The van der Waals surface area contributed by atoms with E-state index in [4.69, 9.17) is 5.73 Å². The van der Waals surface area contributed by atoms with Gasteiger partial charge in [0.2, 0.25) is 0 Å². The predicted molar refractivity (Wildman–Crippen MR) is 72.4 cm³/mol. The Hall–Kier alpha value is -1.85. The Labute approximate surface area is 111 Å². The van der Waals surface area contributed by atoms with Crippen LogP contribution >= 0.6 is 0 Å². The summed E-state index contributed by atoms with van der Waals surface area (Å²) in [6, 6.07) is 7.32. The molecule has 5 nitrogen and oxygen atoms in total. The summed E-state index contributed by atoms with van der Waals surface area (Å²) in [7, 11) is 3.29. The number of benzene rings is 1. The number of rotatable bonds is 4. The van der Waals surface area contributed by atoms with Crippen molar-refractivity contribution < 1.29 is 14.6 Å². The van der Waals surface area contributed by atoms with Gasteiger partial charge in [-0.15, -0.1) is 0 Å². The van der Waals surface area contributed by atoms with Gasteiger partial charge in [-0.1, -0.05) is 18.2 Å². The quantitative estimate of drug-likeness (QED) is 0.669. The smallest absolute Gasteiger partial charge is 0.348 e. The lowest BCUT2D eigenvalue weighted by molar-refractivity contribution is -0.256. The Morgan fingerprint density at radius 1 is 1.42 bits per heavy atom. The molecule has 5 heteroatoms. The zero-order chi connectivity index (χ0) is 14.0. The van der Waals surface area contributed by atoms with Crippen LogP contribution in [0, 0.1) is 6.92 Å². The van der Waals surface area contributed by atoms with Gasteiger partial charge in [0.1, 0.15) is 6.04 Å². The van der Waals surface area contributed by atoms with Gasteiger partial charge in [0.25, 0.3) is 0 Å². The molecule has 19 heavy (non-hydrogen) atoms. The van der Waals surface area contributed by atoms with E-state index in [1.807, 2.05) is 38.2 Å². The van der Waals surface area contributed by atoms with Crippen LogP contribution in [0.2, 0.25) is 0 Å². The number of carbonyl (C=O) groups is 1. The first kappa shape index (κ1) is 13.6. The molecule has 0 radical (unpaired) electrons. The number of carbonyl (C=O) groups excluding carboxylic acids is 1. The molecule has 1 aromatic carbocycles. The fourth-order valence-electron chi connectivity index (χ4n) is 2.30. The highest BCUT2D eigenvalue weighted by Crippen LogP contribution is 2.25. The largest absolute Gasteiger partial charge is 0.359 e. The molecule has 0 unspecified atom stereocenters. The van der Waals surface area contributed by atoms with Crippen LogP contribution in [0.25, 0.3) is 10.9 Å². The summed E-state index contributed by atoms with van der Waals surface area (Å²) in [5.41, 5.74) is 9.13. The molecule has 0 aliphatic rings. The number of para-hydroxylation sites is 1. The van der Waals surface area contributed by atoms with E-state index in [9.17, 15) is 4.79 Å². The lowest BCUT2D eigenvalue weighted by Crippen LogP contribution is -2.34. The van der Waals surface area contributed by atoms with Gasteiger partial charge in [-0.25, -0.2) is 4.79 Å². The van der Waals surface area contributed by atoms with Gasteiger partial charge < -0.3 is 10.3 Å². The molecule has 0 spiro atoms. The van der Waals surface area contributed by atoms with Gasteiger partial charge in [0.05, 0.1) is 7.11 Å². The van der Waals surface area contributed by atoms with Crippen LogP contribution in [-0.2, 0) is 28.0 Å². The number of aryl methyl sites for hydroxylation is 1. The molecule has 1 aromatic heterocycles. The molecule has 0 saturated heterocycles. The number of fused-ring (bicyclic) bond motifs is 1. The number of nitrogens with zero attached hydrogens (tertiary/aromatic N) is 1. The van der Waals surface area contributed by atoms with Gasteiger partial charge in [-0.3, -0.25) is 4.89 Å². The van der Waals surface area contributed by atoms with Crippen molar-refractivity contribution in [2.24, 2.45) is 12.8 Å². The molecule has 2 aromatic rings. The van der Waals surface area contributed by atoms with E-state index < -0.39 is 12.0 Å². The Balaban J connectivity index is 2.35. The van der Waals surface area contributed by atoms with Crippen molar-refractivity contribution in [3.05, 3.63) is 35.5 Å². The number of aromatic nitrogens is 1. The molecular formula is C14H18N2O3. The standard InChI is InChI=1S/C14H18N2O3/c1-9-11(8-12(15)14(17)19-18-3)10-6-4-5-7-13(10)16(9)2/h4-7,12H,8,15H2,1-3H3/t12-/m0/s1. The van der Waals surface area contributed by atoms with E-state index in [1.165, 1.54) is 7.11 Å². The molecule has 102 valence electrons. The summed E-state index contributed by atoms with van der Waals surface area (Å²) < 4.78 is 2.10. The van der Waals surface area contributed by atoms with Crippen LogP contribution in [0.1, 0.15) is 11.3 Å². The minimum Gasteiger partial charge on any atom is -0.348 e. The minimum atomic E-state index is -0.732. The zero-order valence-corrected chi connectivity index (χ0v) is 11.3. The first-order valence-corrected chi connectivity index (χ1v) is 6.09. The fourth-order valence-corrected chi connectivity index (χ4v) is 2.30. The maximum Gasteiger partial charge on any atom is 0.359 e. The van der Waals surface area contributed by atoms with Crippen molar-refractivity contribution in [1.82, 2.24) is 4.57 Å². The maximum atomic E-state index is 11.5. The second kappa shape index (κ2) is 5.42. The predicted octanol–water partition coefficient (Wildman–Crippen LogP) is 1.46. The van der Waals surface area contributed by atoms with E-state index in [1.54, 1.807) is 0 Å². The summed E-state index contributed by atoms with van der Waals surface area (Å²) in [4.78, 5) is 20.3. The van der Waals surface area contributed by atoms with Crippen LogP contribution in [0.3, 0.4) is 0 Å². The molecule has 0 aliphatic heterocycles. The van der Waals surface area contributed by atoms with Crippen LogP contribution in [0.4, 0.5) is 0 Å². The van der Waals surface area contributed by atoms with Crippen LogP contribution < -0.4 is 5.73 Å². The monoisotopic (exact) mass is 262 g/mol. The van der Waals surface area contributed by atoms with E-state index in [-0.39, 0.29) is 0 Å². The summed E-state index contributed by atoms with van der Waals surface area (Å²) in [5, 5.41) is 1.11. The Bertz CT molecular complexity index is 604. The molecule has 2 rings (SSSR count). The molecule has 0 fully saturated rings. The van der Waals surface area contributed by atoms with Crippen molar-refractivity contribution in [1.29, 1.82) is 0 Å². The average Bonchev–Trinajstić information content (AvgIpc) is 2.65.